The first kappa shape index (κ1) is 21.1. The molecule has 1 aromatic heterocycles. The number of rotatable bonds is 5. The Kier molecular flexibility index (Phi) is 5.83. The lowest BCUT2D eigenvalue weighted by atomic mass is 10.0. The van der Waals surface area contributed by atoms with E-state index in [4.69, 9.17) is 11.6 Å². The number of carbonyl (C=O) groups excluding carboxylic acids is 1. The number of anilines is 2. The smallest absolute Gasteiger partial charge is 0.239 e. The molecule has 7 heteroatoms. The molecule has 31 heavy (non-hydrogen) atoms. The number of aromatic nitrogens is 1. The predicted octanol–water partition coefficient (Wildman–Crippen LogP) is 5.65. The van der Waals surface area contributed by atoms with Crippen molar-refractivity contribution in [1.82, 2.24) is 4.98 Å². The van der Waals surface area contributed by atoms with Gasteiger partial charge in [0, 0.05) is 41.4 Å². The topological polar surface area (TPSA) is 48.1 Å². The fraction of sp³-hybridized carbons (Fsp3) is 0.208. The minimum absolute atomic E-state index is 0.122. The number of hydrogen-bond acceptors (Lipinski definition) is 2. The second kappa shape index (κ2) is 8.55. The summed E-state index contributed by atoms with van der Waals surface area (Å²) in [7, 11) is 0. The molecular weight excluding hydrogens is 420 g/mol. The van der Waals surface area contributed by atoms with Crippen LogP contribution in [0.3, 0.4) is 0 Å². The van der Waals surface area contributed by atoms with E-state index < -0.39 is 11.6 Å². The molecule has 0 fully saturated rings. The fourth-order valence-corrected chi connectivity index (χ4v) is 3.98. The zero-order valence-corrected chi connectivity index (χ0v) is 18.0. The minimum Gasteiger partial charge on any atom is -0.362 e. The molecule has 3 aromatic rings. The number of fused-ring (bicyclic) bond motifs is 1. The van der Waals surface area contributed by atoms with Gasteiger partial charge in [0.1, 0.15) is 5.88 Å². The Labute approximate surface area is 184 Å². The largest absolute Gasteiger partial charge is 0.362 e. The number of carbonyl (C=O) groups is 1. The van der Waals surface area contributed by atoms with Crippen molar-refractivity contribution < 1.29 is 13.6 Å². The maximum Gasteiger partial charge on any atom is 0.239 e. The zero-order chi connectivity index (χ0) is 22.1. The third kappa shape index (κ3) is 4.49. The van der Waals surface area contributed by atoms with E-state index >= 15 is 0 Å². The van der Waals surface area contributed by atoms with E-state index in [1.807, 2.05) is 32.0 Å². The van der Waals surface area contributed by atoms with Crippen LogP contribution in [0.2, 0.25) is 0 Å². The van der Waals surface area contributed by atoms with Crippen LogP contribution in [0.15, 0.2) is 42.5 Å². The molecule has 4 rings (SSSR count). The molecule has 0 saturated heterocycles. The summed E-state index contributed by atoms with van der Waals surface area (Å²) in [5.74, 6) is -2.12. The molecule has 1 amide bonds. The van der Waals surface area contributed by atoms with E-state index in [0.29, 0.717) is 24.3 Å². The Bertz CT molecular complexity index is 1190. The number of nitrogens with zero attached hydrogens (tertiary/aromatic N) is 1. The summed E-state index contributed by atoms with van der Waals surface area (Å²) in [5.41, 5.74) is 7.55. The highest BCUT2D eigenvalue weighted by Crippen LogP contribution is 2.39. The molecule has 2 N–H and O–H groups in total. The van der Waals surface area contributed by atoms with Crippen molar-refractivity contribution in [3.63, 3.8) is 0 Å². The van der Waals surface area contributed by atoms with Crippen LogP contribution in [0.1, 0.15) is 28.1 Å². The molecule has 0 aliphatic carbocycles. The Morgan fingerprint density at radius 3 is 2.65 bits per heavy atom. The van der Waals surface area contributed by atoms with Gasteiger partial charge in [0.2, 0.25) is 5.91 Å². The maximum absolute atomic E-state index is 13.7. The summed E-state index contributed by atoms with van der Waals surface area (Å²) in [6.07, 6.45) is 2.10. The van der Waals surface area contributed by atoms with Gasteiger partial charge in [-0.2, -0.15) is 0 Å². The predicted molar refractivity (Wildman–Crippen MR) is 121 cm³/mol. The molecule has 0 saturated carbocycles. The maximum atomic E-state index is 13.7. The van der Waals surface area contributed by atoms with Gasteiger partial charge >= 0.3 is 0 Å². The number of halogens is 3. The normalized spacial score (nSPS) is 14.2. The Hall–Kier alpha value is -3.12. The van der Waals surface area contributed by atoms with Crippen molar-refractivity contribution in [3.8, 4) is 0 Å². The molecule has 1 aliphatic heterocycles. The van der Waals surface area contributed by atoms with Gasteiger partial charge in [-0.05, 0) is 73.0 Å². The van der Waals surface area contributed by atoms with Crippen LogP contribution >= 0.6 is 11.6 Å². The second-order valence-electron chi connectivity index (χ2n) is 7.74. The van der Waals surface area contributed by atoms with Crippen LogP contribution < -0.4 is 10.2 Å². The monoisotopic (exact) mass is 441 g/mol. The highest BCUT2D eigenvalue weighted by atomic mass is 35.5. The lowest BCUT2D eigenvalue weighted by Crippen LogP contribution is -2.19. The van der Waals surface area contributed by atoms with Gasteiger partial charge in [0.05, 0.1) is 0 Å². The van der Waals surface area contributed by atoms with Gasteiger partial charge in [-0.15, -0.1) is 11.6 Å². The number of nitrogens with one attached hydrogen (secondary N) is 2. The van der Waals surface area contributed by atoms with Gasteiger partial charge in [0.25, 0.3) is 0 Å². The molecule has 0 radical (unpaired) electrons. The Morgan fingerprint density at radius 2 is 1.97 bits per heavy atom. The quantitative estimate of drug-likeness (QED) is 0.503. The summed E-state index contributed by atoms with van der Waals surface area (Å²) in [6.45, 7) is 5.07. The third-order valence-electron chi connectivity index (χ3n) is 5.32. The number of alkyl halides is 1. The Morgan fingerprint density at radius 1 is 1.16 bits per heavy atom. The molecule has 2 aromatic carbocycles. The number of amides is 1. The summed E-state index contributed by atoms with van der Waals surface area (Å²) >= 11 is 5.62. The van der Waals surface area contributed by atoms with Crippen molar-refractivity contribution >= 4 is 40.5 Å². The summed E-state index contributed by atoms with van der Waals surface area (Å²) in [6, 6.07) is 11.7. The van der Waals surface area contributed by atoms with Crippen LogP contribution in [-0.4, -0.2) is 23.3 Å². The van der Waals surface area contributed by atoms with E-state index in [-0.39, 0.29) is 11.8 Å². The summed E-state index contributed by atoms with van der Waals surface area (Å²) < 4.78 is 27.0. The number of aromatic amines is 1. The zero-order valence-electron chi connectivity index (χ0n) is 17.2. The van der Waals surface area contributed by atoms with E-state index in [1.54, 1.807) is 6.07 Å². The van der Waals surface area contributed by atoms with Crippen LogP contribution in [-0.2, 0) is 11.3 Å². The van der Waals surface area contributed by atoms with Crippen molar-refractivity contribution in [2.75, 3.05) is 22.6 Å². The van der Waals surface area contributed by atoms with Crippen molar-refractivity contribution in [2.45, 2.75) is 20.4 Å². The molecule has 0 bridgehead atoms. The van der Waals surface area contributed by atoms with Crippen molar-refractivity contribution in [1.29, 1.82) is 0 Å². The van der Waals surface area contributed by atoms with Gasteiger partial charge in [-0.1, -0.05) is 6.07 Å². The highest BCUT2D eigenvalue weighted by Gasteiger charge is 2.25. The molecule has 160 valence electrons. The number of H-pyrrole nitrogens is 1. The van der Waals surface area contributed by atoms with Crippen molar-refractivity contribution in [2.24, 2.45) is 0 Å². The average Bonchev–Trinajstić information content (AvgIpc) is 3.23. The highest BCUT2D eigenvalue weighted by molar-refractivity contribution is 6.29. The Balaban J connectivity index is 1.72. The SMILES string of the molecule is Cc1cc(C)c(C=C2CN(Cc3ccc(F)c(F)c3)c3ccc(NC(=O)CCl)cc32)[nH]1. The van der Waals surface area contributed by atoms with E-state index in [0.717, 1.165) is 39.8 Å². The van der Waals surface area contributed by atoms with Gasteiger partial charge in [-0.25, -0.2) is 8.78 Å². The van der Waals surface area contributed by atoms with E-state index in [1.165, 1.54) is 6.07 Å². The van der Waals surface area contributed by atoms with E-state index in [9.17, 15) is 13.6 Å². The van der Waals surface area contributed by atoms with Crippen LogP contribution in [0.4, 0.5) is 20.2 Å². The standard InChI is InChI=1S/C24H22ClF2N3O/c1-14-7-15(2)28-22(14)9-17-13-30(12-16-3-5-20(26)21(27)8-16)23-6-4-18(10-19(17)23)29-24(31)11-25/h3-10,28H,11-13H2,1-2H3,(H,29,31). The second-order valence-corrected chi connectivity index (χ2v) is 8.00. The van der Waals surface area contributed by atoms with Crippen LogP contribution in [0, 0.1) is 25.5 Å². The molecule has 2 heterocycles. The number of benzene rings is 2. The minimum atomic E-state index is -0.858. The molecule has 1 aliphatic rings. The van der Waals surface area contributed by atoms with Crippen LogP contribution in [0.5, 0.6) is 0 Å². The van der Waals surface area contributed by atoms with E-state index in [2.05, 4.69) is 27.3 Å². The molecule has 0 atom stereocenters. The molecule has 4 nitrogen and oxygen atoms in total. The van der Waals surface area contributed by atoms with Crippen LogP contribution in [0.25, 0.3) is 11.6 Å². The lowest BCUT2D eigenvalue weighted by molar-refractivity contribution is -0.113. The van der Waals surface area contributed by atoms with Gasteiger partial charge in [-0.3, -0.25) is 4.79 Å². The van der Waals surface area contributed by atoms with Gasteiger partial charge < -0.3 is 15.2 Å². The third-order valence-corrected chi connectivity index (χ3v) is 5.56. The van der Waals surface area contributed by atoms with Gasteiger partial charge in [0.15, 0.2) is 11.6 Å². The number of hydrogen-bond donors (Lipinski definition) is 2. The molecule has 0 spiro atoms. The fourth-order valence-electron chi connectivity index (χ4n) is 3.91. The summed E-state index contributed by atoms with van der Waals surface area (Å²) in [5, 5.41) is 2.78. The summed E-state index contributed by atoms with van der Waals surface area (Å²) in [4.78, 5) is 17.2. The first-order chi connectivity index (χ1) is 14.8. The van der Waals surface area contributed by atoms with Crippen molar-refractivity contribution in [3.05, 3.63) is 82.2 Å². The first-order valence-corrected chi connectivity index (χ1v) is 10.4. The molecule has 0 unspecified atom stereocenters. The average molecular weight is 442 g/mol. The molecular formula is C24H22ClF2N3O. The number of aryl methyl sites for hydroxylation is 2. The lowest BCUT2D eigenvalue weighted by Gasteiger charge is -2.19. The first-order valence-electron chi connectivity index (χ1n) is 9.90.